The van der Waals surface area contributed by atoms with Gasteiger partial charge in [-0.3, -0.25) is 0 Å². The lowest BCUT2D eigenvalue weighted by molar-refractivity contribution is 0.361. The van der Waals surface area contributed by atoms with Gasteiger partial charge < -0.3 is 0 Å². The number of thioether (sulfide) groups is 1. The molecule has 1 saturated carbocycles. The molecule has 1 fully saturated rings. The van der Waals surface area contributed by atoms with Gasteiger partial charge in [0.15, 0.2) is 0 Å². The van der Waals surface area contributed by atoms with E-state index in [9.17, 15) is 0 Å². The summed E-state index contributed by atoms with van der Waals surface area (Å²) in [4.78, 5) is 0. The van der Waals surface area contributed by atoms with Crippen LogP contribution >= 0.6 is 11.8 Å². The molecule has 0 aromatic heterocycles. The van der Waals surface area contributed by atoms with Crippen LogP contribution in [0, 0.1) is 5.41 Å². The fourth-order valence-corrected chi connectivity index (χ4v) is 2.76. The van der Waals surface area contributed by atoms with Crippen molar-refractivity contribution in [2.75, 3.05) is 5.75 Å². The molecule has 1 aliphatic rings. The van der Waals surface area contributed by atoms with Gasteiger partial charge in [-0.15, -0.1) is 0 Å². The zero-order valence-electron chi connectivity index (χ0n) is 8.94. The van der Waals surface area contributed by atoms with Crippen molar-refractivity contribution in [2.45, 2.75) is 58.1 Å². The molecule has 0 aliphatic heterocycles. The Morgan fingerprint density at radius 2 is 1.83 bits per heavy atom. The second kappa shape index (κ2) is 3.61. The van der Waals surface area contributed by atoms with Gasteiger partial charge >= 0.3 is 0 Å². The van der Waals surface area contributed by atoms with Crippen molar-refractivity contribution in [3.63, 3.8) is 0 Å². The van der Waals surface area contributed by atoms with Crippen molar-refractivity contribution in [2.24, 2.45) is 5.41 Å². The average molecular weight is 186 g/mol. The summed E-state index contributed by atoms with van der Waals surface area (Å²) in [5.41, 5.74) is 0.532. The third-order valence-corrected chi connectivity index (χ3v) is 4.10. The minimum atomic E-state index is 0.532. The zero-order valence-corrected chi connectivity index (χ0v) is 9.76. The summed E-state index contributed by atoms with van der Waals surface area (Å²) in [5.74, 6) is 1.30. The van der Waals surface area contributed by atoms with E-state index in [0.29, 0.717) is 5.41 Å². The van der Waals surface area contributed by atoms with E-state index in [-0.39, 0.29) is 0 Å². The first kappa shape index (κ1) is 10.4. The van der Waals surface area contributed by atoms with E-state index in [1.165, 1.54) is 31.4 Å². The number of hydrogen-bond donors (Lipinski definition) is 0. The van der Waals surface area contributed by atoms with Crippen LogP contribution in [0.5, 0.6) is 0 Å². The molecule has 0 atom stereocenters. The molecule has 1 heteroatoms. The molecule has 0 bridgehead atoms. The van der Waals surface area contributed by atoms with E-state index in [4.69, 9.17) is 0 Å². The molecule has 1 aliphatic carbocycles. The van der Waals surface area contributed by atoms with Crippen molar-refractivity contribution in [1.29, 1.82) is 0 Å². The van der Waals surface area contributed by atoms with Crippen molar-refractivity contribution < 1.29 is 0 Å². The van der Waals surface area contributed by atoms with Gasteiger partial charge in [-0.25, -0.2) is 0 Å². The van der Waals surface area contributed by atoms with E-state index in [1.807, 2.05) is 0 Å². The molecule has 0 radical (unpaired) electrons. The lowest BCUT2D eigenvalue weighted by Crippen LogP contribution is -2.11. The Kier molecular flexibility index (Phi) is 3.14. The van der Waals surface area contributed by atoms with Gasteiger partial charge in [0, 0.05) is 4.75 Å². The number of rotatable bonds is 4. The van der Waals surface area contributed by atoms with E-state index in [2.05, 4.69) is 39.5 Å². The Bertz CT molecular complexity index is 140. The second-order valence-corrected chi connectivity index (χ2v) is 6.91. The second-order valence-electron chi connectivity index (χ2n) is 5.18. The molecule has 0 heterocycles. The highest BCUT2D eigenvalue weighted by molar-refractivity contribution is 8.00. The Hall–Kier alpha value is 0.350. The molecule has 1 rings (SSSR count). The Morgan fingerprint density at radius 3 is 2.17 bits per heavy atom. The molecule has 0 aromatic carbocycles. The van der Waals surface area contributed by atoms with Crippen molar-refractivity contribution in [3.05, 3.63) is 0 Å². The van der Waals surface area contributed by atoms with Crippen LogP contribution in [0.4, 0.5) is 0 Å². The summed E-state index contributed by atoms with van der Waals surface area (Å²) in [6.45, 7) is 9.32. The minimum absolute atomic E-state index is 0.532. The maximum atomic E-state index is 2.35. The summed E-state index contributed by atoms with van der Waals surface area (Å²) in [6, 6.07) is 0. The third kappa shape index (κ3) is 3.38. The van der Waals surface area contributed by atoms with Gasteiger partial charge in [0.25, 0.3) is 0 Å². The van der Waals surface area contributed by atoms with Crippen LogP contribution in [-0.2, 0) is 0 Å². The smallest absolute Gasteiger partial charge is 0.0161 e. The predicted molar refractivity (Wildman–Crippen MR) is 58.8 cm³/mol. The summed E-state index contributed by atoms with van der Waals surface area (Å²) in [7, 11) is 0. The topological polar surface area (TPSA) is 0 Å². The lowest BCUT2D eigenvalue weighted by atomic mass is 9.89. The first-order valence-electron chi connectivity index (χ1n) is 5.11. The van der Waals surface area contributed by atoms with E-state index in [0.717, 1.165) is 4.75 Å². The molecule has 0 aromatic rings. The van der Waals surface area contributed by atoms with Crippen molar-refractivity contribution in [3.8, 4) is 0 Å². The van der Waals surface area contributed by atoms with Gasteiger partial charge in [0.1, 0.15) is 0 Å². The van der Waals surface area contributed by atoms with Crippen LogP contribution in [0.1, 0.15) is 53.4 Å². The Morgan fingerprint density at radius 1 is 1.25 bits per heavy atom. The SMILES string of the molecule is CCSC1(CCC(C)(C)C)CC1. The highest BCUT2D eigenvalue weighted by Gasteiger charge is 2.42. The lowest BCUT2D eigenvalue weighted by Gasteiger charge is -2.22. The molecule has 0 saturated heterocycles. The number of hydrogen-bond acceptors (Lipinski definition) is 1. The van der Waals surface area contributed by atoms with Crippen LogP contribution in [0.3, 0.4) is 0 Å². The molecule has 0 N–H and O–H groups in total. The Balaban J connectivity index is 2.22. The monoisotopic (exact) mass is 186 g/mol. The van der Waals surface area contributed by atoms with Crippen LogP contribution in [0.15, 0.2) is 0 Å². The molecule has 0 nitrogen and oxygen atoms in total. The minimum Gasteiger partial charge on any atom is -0.155 e. The van der Waals surface area contributed by atoms with Crippen LogP contribution in [0.2, 0.25) is 0 Å². The highest BCUT2D eigenvalue weighted by Crippen LogP contribution is 2.52. The fourth-order valence-electron chi connectivity index (χ4n) is 1.51. The molecular weight excluding hydrogens is 164 g/mol. The summed E-state index contributed by atoms with van der Waals surface area (Å²) in [6.07, 6.45) is 5.78. The normalized spacial score (nSPS) is 21.0. The zero-order chi connectivity index (χ0) is 9.24. The van der Waals surface area contributed by atoms with E-state index in [1.54, 1.807) is 0 Å². The fraction of sp³-hybridized carbons (Fsp3) is 1.00. The van der Waals surface area contributed by atoms with Crippen molar-refractivity contribution in [1.82, 2.24) is 0 Å². The van der Waals surface area contributed by atoms with Gasteiger partial charge in [-0.05, 0) is 36.9 Å². The average Bonchev–Trinajstić information content (AvgIpc) is 2.65. The molecule has 12 heavy (non-hydrogen) atoms. The highest BCUT2D eigenvalue weighted by atomic mass is 32.2. The predicted octanol–water partition coefficient (Wildman–Crippen LogP) is 4.10. The standard InChI is InChI=1S/C11H22S/c1-5-12-11(8-9-11)7-6-10(2,3)4/h5-9H2,1-4H3. The molecule has 0 amide bonds. The first-order chi connectivity index (χ1) is 5.47. The van der Waals surface area contributed by atoms with Crippen molar-refractivity contribution >= 4 is 11.8 Å². The van der Waals surface area contributed by atoms with Gasteiger partial charge in [-0.1, -0.05) is 27.7 Å². The maximum Gasteiger partial charge on any atom is 0.0161 e. The van der Waals surface area contributed by atoms with Gasteiger partial charge in [-0.2, -0.15) is 11.8 Å². The van der Waals surface area contributed by atoms with Gasteiger partial charge in [0.05, 0.1) is 0 Å². The summed E-state index contributed by atoms with van der Waals surface area (Å²) >= 11 is 2.19. The van der Waals surface area contributed by atoms with E-state index < -0.39 is 0 Å². The molecule has 72 valence electrons. The molecule has 0 spiro atoms. The van der Waals surface area contributed by atoms with Crippen LogP contribution in [0.25, 0.3) is 0 Å². The third-order valence-electron chi connectivity index (χ3n) is 2.59. The van der Waals surface area contributed by atoms with Crippen LogP contribution in [-0.4, -0.2) is 10.5 Å². The summed E-state index contributed by atoms with van der Waals surface area (Å²) in [5, 5.41) is 0. The summed E-state index contributed by atoms with van der Waals surface area (Å²) < 4.78 is 0.724. The largest absolute Gasteiger partial charge is 0.155 e. The quantitative estimate of drug-likeness (QED) is 0.637. The van der Waals surface area contributed by atoms with Gasteiger partial charge in [0.2, 0.25) is 0 Å². The first-order valence-corrected chi connectivity index (χ1v) is 6.10. The molecular formula is C11H22S. The van der Waals surface area contributed by atoms with E-state index >= 15 is 0 Å². The maximum absolute atomic E-state index is 2.35. The van der Waals surface area contributed by atoms with Crippen LogP contribution < -0.4 is 0 Å². The molecule has 0 unspecified atom stereocenters. The Labute approximate surface area is 81.5 Å².